The summed E-state index contributed by atoms with van der Waals surface area (Å²) in [6.45, 7) is 0. The summed E-state index contributed by atoms with van der Waals surface area (Å²) in [5.41, 5.74) is 2.80. The van der Waals surface area contributed by atoms with E-state index in [1.807, 2.05) is 36.6 Å². The van der Waals surface area contributed by atoms with Crippen molar-refractivity contribution in [2.24, 2.45) is 0 Å². The van der Waals surface area contributed by atoms with Crippen molar-refractivity contribution < 1.29 is 9.59 Å². The summed E-state index contributed by atoms with van der Waals surface area (Å²) in [5.74, 6) is 0.576. The van der Waals surface area contributed by atoms with Crippen molar-refractivity contribution in [1.82, 2.24) is 5.32 Å². The number of thioether (sulfide) groups is 1. The predicted molar refractivity (Wildman–Crippen MR) is 98.5 cm³/mol. The number of carbonyl (C=O) groups is 2. The van der Waals surface area contributed by atoms with Gasteiger partial charge in [0.25, 0.3) is 11.8 Å². The summed E-state index contributed by atoms with van der Waals surface area (Å²) in [6.07, 6.45) is 4.11. The summed E-state index contributed by atoms with van der Waals surface area (Å²) in [7, 11) is 0. The molecule has 3 rings (SSSR count). The number of carbonyl (C=O) groups excluding carboxylic acids is 2. The first-order valence-electron chi connectivity index (χ1n) is 7.96. The number of para-hydroxylation sites is 1. The molecule has 24 heavy (non-hydrogen) atoms. The molecule has 0 spiro atoms. The van der Waals surface area contributed by atoms with Gasteiger partial charge in [-0.15, -0.1) is 0 Å². The molecule has 1 saturated carbocycles. The molecule has 0 heterocycles. The number of hydrogen-bond acceptors (Lipinski definition) is 3. The summed E-state index contributed by atoms with van der Waals surface area (Å²) in [6, 6.07) is 14.9. The highest BCUT2D eigenvalue weighted by Crippen LogP contribution is 2.22. The molecule has 1 aliphatic carbocycles. The Morgan fingerprint density at radius 3 is 2.42 bits per heavy atom. The van der Waals surface area contributed by atoms with E-state index in [0.29, 0.717) is 16.8 Å². The summed E-state index contributed by atoms with van der Waals surface area (Å²) >= 11 is 1.74. The minimum atomic E-state index is -0.211. The quantitative estimate of drug-likeness (QED) is 0.843. The van der Waals surface area contributed by atoms with Gasteiger partial charge in [-0.2, -0.15) is 11.8 Å². The van der Waals surface area contributed by atoms with E-state index in [0.717, 1.165) is 18.6 Å². The van der Waals surface area contributed by atoms with Crippen LogP contribution in [0.4, 0.5) is 5.69 Å². The van der Waals surface area contributed by atoms with Crippen LogP contribution < -0.4 is 10.6 Å². The minimum Gasteiger partial charge on any atom is -0.349 e. The Labute approximate surface area is 146 Å². The van der Waals surface area contributed by atoms with E-state index in [-0.39, 0.29) is 17.9 Å². The zero-order chi connectivity index (χ0) is 16.9. The van der Waals surface area contributed by atoms with Crippen molar-refractivity contribution in [3.05, 3.63) is 65.2 Å². The maximum Gasteiger partial charge on any atom is 0.255 e. The smallest absolute Gasteiger partial charge is 0.255 e. The molecule has 0 unspecified atom stereocenters. The van der Waals surface area contributed by atoms with Gasteiger partial charge in [0, 0.05) is 17.4 Å². The Balaban J connectivity index is 1.72. The topological polar surface area (TPSA) is 58.2 Å². The second kappa shape index (κ2) is 7.53. The standard InChI is InChI=1S/C19H20N2O2S/c1-24-12-13-6-8-14(9-7-13)18(22)21-17-5-3-2-4-16(17)19(23)20-15-10-11-15/h2-9,15H,10-12H2,1H3,(H,20,23)(H,21,22). The van der Waals surface area contributed by atoms with Crippen molar-refractivity contribution in [2.45, 2.75) is 24.6 Å². The van der Waals surface area contributed by atoms with Gasteiger partial charge in [-0.3, -0.25) is 9.59 Å². The molecule has 2 N–H and O–H groups in total. The van der Waals surface area contributed by atoms with Crippen molar-refractivity contribution in [1.29, 1.82) is 0 Å². The van der Waals surface area contributed by atoms with E-state index in [2.05, 4.69) is 10.6 Å². The van der Waals surface area contributed by atoms with Gasteiger partial charge < -0.3 is 10.6 Å². The van der Waals surface area contributed by atoms with E-state index in [4.69, 9.17) is 0 Å². The van der Waals surface area contributed by atoms with Crippen molar-refractivity contribution in [2.75, 3.05) is 11.6 Å². The third-order valence-corrected chi connectivity index (χ3v) is 4.48. The van der Waals surface area contributed by atoms with Crippen LogP contribution >= 0.6 is 11.8 Å². The minimum absolute atomic E-state index is 0.135. The third-order valence-electron chi connectivity index (χ3n) is 3.86. The highest BCUT2D eigenvalue weighted by molar-refractivity contribution is 7.97. The van der Waals surface area contributed by atoms with Crippen molar-refractivity contribution in [3.8, 4) is 0 Å². The van der Waals surface area contributed by atoms with Crippen LogP contribution in [0.15, 0.2) is 48.5 Å². The van der Waals surface area contributed by atoms with Gasteiger partial charge in [0.1, 0.15) is 0 Å². The first-order chi connectivity index (χ1) is 11.7. The van der Waals surface area contributed by atoms with Crippen molar-refractivity contribution in [3.63, 3.8) is 0 Å². The fourth-order valence-electron chi connectivity index (χ4n) is 2.39. The lowest BCUT2D eigenvalue weighted by Crippen LogP contribution is -2.27. The van der Waals surface area contributed by atoms with Crippen molar-refractivity contribution >= 4 is 29.3 Å². The number of benzene rings is 2. The molecule has 2 aromatic carbocycles. The normalized spacial score (nSPS) is 13.4. The summed E-state index contributed by atoms with van der Waals surface area (Å²) in [4.78, 5) is 24.7. The van der Waals surface area contributed by atoms with Crippen LogP contribution in [0.5, 0.6) is 0 Å². The molecule has 0 bridgehead atoms. The van der Waals surface area contributed by atoms with Crippen LogP contribution in [0.3, 0.4) is 0 Å². The number of nitrogens with one attached hydrogen (secondary N) is 2. The molecular weight excluding hydrogens is 320 g/mol. The zero-order valence-corrected chi connectivity index (χ0v) is 14.4. The maximum atomic E-state index is 12.4. The van der Waals surface area contributed by atoms with Crippen LogP contribution in [0, 0.1) is 0 Å². The molecule has 2 aromatic rings. The molecule has 4 nitrogen and oxygen atoms in total. The lowest BCUT2D eigenvalue weighted by Gasteiger charge is -2.11. The largest absolute Gasteiger partial charge is 0.349 e. The monoisotopic (exact) mass is 340 g/mol. The highest BCUT2D eigenvalue weighted by atomic mass is 32.2. The Kier molecular flexibility index (Phi) is 5.20. The molecule has 0 radical (unpaired) electrons. The fraction of sp³-hybridized carbons (Fsp3) is 0.263. The lowest BCUT2D eigenvalue weighted by atomic mass is 10.1. The van der Waals surface area contributed by atoms with Gasteiger partial charge in [-0.05, 0) is 48.9 Å². The number of rotatable bonds is 6. The second-order valence-corrected chi connectivity index (χ2v) is 6.74. The highest BCUT2D eigenvalue weighted by Gasteiger charge is 2.25. The van der Waals surface area contributed by atoms with Gasteiger partial charge in [-0.1, -0.05) is 24.3 Å². The lowest BCUT2D eigenvalue weighted by molar-refractivity contribution is 0.0952. The van der Waals surface area contributed by atoms with E-state index < -0.39 is 0 Å². The van der Waals surface area contributed by atoms with Gasteiger partial charge in [0.2, 0.25) is 0 Å². The van der Waals surface area contributed by atoms with Gasteiger partial charge in [0.15, 0.2) is 0 Å². The van der Waals surface area contributed by atoms with E-state index >= 15 is 0 Å². The average molecular weight is 340 g/mol. The van der Waals surface area contributed by atoms with E-state index in [1.54, 1.807) is 30.0 Å². The van der Waals surface area contributed by atoms with Gasteiger partial charge in [-0.25, -0.2) is 0 Å². The van der Waals surface area contributed by atoms with E-state index in [1.165, 1.54) is 5.56 Å². The molecule has 1 fully saturated rings. The third kappa shape index (κ3) is 4.17. The molecule has 5 heteroatoms. The molecule has 0 atom stereocenters. The molecule has 1 aliphatic rings. The zero-order valence-electron chi connectivity index (χ0n) is 13.5. The van der Waals surface area contributed by atoms with E-state index in [9.17, 15) is 9.59 Å². The molecule has 2 amide bonds. The van der Waals surface area contributed by atoms with Gasteiger partial charge >= 0.3 is 0 Å². The SMILES string of the molecule is CSCc1ccc(C(=O)Nc2ccccc2C(=O)NC2CC2)cc1. The maximum absolute atomic E-state index is 12.4. The molecule has 0 aliphatic heterocycles. The molecular formula is C19H20N2O2S. The number of hydrogen-bond donors (Lipinski definition) is 2. The number of amides is 2. The van der Waals surface area contributed by atoms with Crippen LogP contribution in [0.1, 0.15) is 39.1 Å². The first-order valence-corrected chi connectivity index (χ1v) is 9.36. The summed E-state index contributed by atoms with van der Waals surface area (Å²) in [5, 5.41) is 5.80. The first kappa shape index (κ1) is 16.6. The molecule has 0 saturated heterocycles. The molecule has 0 aromatic heterocycles. The Morgan fingerprint density at radius 2 is 1.75 bits per heavy atom. The Bertz CT molecular complexity index is 739. The van der Waals surface area contributed by atoms with Crippen LogP contribution in [-0.2, 0) is 5.75 Å². The van der Waals surface area contributed by atoms with Gasteiger partial charge in [0.05, 0.1) is 11.3 Å². The van der Waals surface area contributed by atoms with Crippen LogP contribution in [-0.4, -0.2) is 24.1 Å². The molecule has 124 valence electrons. The predicted octanol–water partition coefficient (Wildman–Crippen LogP) is 3.69. The van der Waals surface area contributed by atoms with Crippen LogP contribution in [0.25, 0.3) is 0 Å². The Morgan fingerprint density at radius 1 is 1.04 bits per heavy atom. The fourth-order valence-corrected chi connectivity index (χ4v) is 2.92. The average Bonchev–Trinajstić information content (AvgIpc) is 3.40. The summed E-state index contributed by atoms with van der Waals surface area (Å²) < 4.78 is 0. The second-order valence-electron chi connectivity index (χ2n) is 5.88. The van der Waals surface area contributed by atoms with Crippen LogP contribution in [0.2, 0.25) is 0 Å². The Hall–Kier alpha value is -2.27. The number of anilines is 1.